The van der Waals surface area contributed by atoms with Gasteiger partial charge in [-0.3, -0.25) is 14.5 Å². The van der Waals surface area contributed by atoms with Crippen molar-refractivity contribution in [2.45, 2.75) is 71.0 Å². The maximum atomic E-state index is 13.2. The molecule has 3 heterocycles. The Morgan fingerprint density at radius 2 is 1.77 bits per heavy atom. The summed E-state index contributed by atoms with van der Waals surface area (Å²) in [5, 5.41) is 3.00. The zero-order valence-corrected chi connectivity index (χ0v) is 16.5. The highest BCUT2D eigenvalue weighted by atomic mass is 16.2. The molecule has 3 aliphatic rings. The third-order valence-electron chi connectivity index (χ3n) is 6.14. The van der Waals surface area contributed by atoms with E-state index in [0.717, 1.165) is 25.9 Å². The Morgan fingerprint density at radius 3 is 2.35 bits per heavy atom. The fourth-order valence-corrected chi connectivity index (χ4v) is 4.46. The van der Waals surface area contributed by atoms with Crippen LogP contribution in [0.2, 0.25) is 0 Å². The van der Waals surface area contributed by atoms with Crippen molar-refractivity contribution in [3.05, 3.63) is 0 Å². The number of piperidine rings is 2. The van der Waals surface area contributed by atoms with Gasteiger partial charge >= 0.3 is 6.03 Å². The summed E-state index contributed by atoms with van der Waals surface area (Å²) in [5.74, 6) is -0.0555. The summed E-state index contributed by atoms with van der Waals surface area (Å²) >= 11 is 0. The summed E-state index contributed by atoms with van der Waals surface area (Å²) in [5.41, 5.74) is -0.743. The van der Waals surface area contributed by atoms with Gasteiger partial charge in [0.25, 0.3) is 5.91 Å². The van der Waals surface area contributed by atoms with Crippen molar-refractivity contribution in [1.82, 2.24) is 20.0 Å². The fourth-order valence-electron chi connectivity index (χ4n) is 4.46. The maximum absolute atomic E-state index is 13.2. The molecule has 146 valence electrons. The van der Waals surface area contributed by atoms with Crippen LogP contribution in [0, 0.1) is 5.92 Å². The molecule has 0 aromatic carbocycles. The van der Waals surface area contributed by atoms with Crippen molar-refractivity contribution in [1.29, 1.82) is 0 Å². The summed E-state index contributed by atoms with van der Waals surface area (Å²) in [6.07, 6.45) is 2.92. The van der Waals surface area contributed by atoms with Crippen molar-refractivity contribution in [3.63, 3.8) is 0 Å². The fraction of sp³-hybridized carbons (Fsp3) is 0.842. The van der Waals surface area contributed by atoms with Gasteiger partial charge in [0.05, 0.1) is 6.04 Å². The molecule has 1 atom stereocenters. The molecular weight excluding hydrogens is 332 g/mol. The molecule has 3 fully saturated rings. The smallest absolute Gasteiger partial charge is 0.325 e. The molecule has 4 amide bonds. The average Bonchev–Trinajstić information content (AvgIpc) is 2.84. The van der Waals surface area contributed by atoms with E-state index in [2.05, 4.69) is 24.1 Å². The number of hydrogen-bond acceptors (Lipinski definition) is 4. The second kappa shape index (κ2) is 7.18. The minimum atomic E-state index is -0.743. The highest BCUT2D eigenvalue weighted by Crippen LogP contribution is 2.33. The lowest BCUT2D eigenvalue weighted by Crippen LogP contribution is -2.57. The van der Waals surface area contributed by atoms with E-state index < -0.39 is 5.54 Å². The molecule has 0 saturated carbocycles. The molecule has 7 nitrogen and oxygen atoms in total. The van der Waals surface area contributed by atoms with Crippen LogP contribution in [0.1, 0.15) is 53.4 Å². The second-order valence-corrected chi connectivity index (χ2v) is 8.55. The molecule has 0 bridgehead atoms. The third-order valence-corrected chi connectivity index (χ3v) is 6.14. The highest BCUT2D eigenvalue weighted by molar-refractivity contribution is 6.07. The number of imide groups is 1. The molecule has 0 aromatic heterocycles. The third kappa shape index (κ3) is 3.33. The molecule has 3 saturated heterocycles. The first-order chi connectivity index (χ1) is 12.2. The number of nitrogens with one attached hydrogen (secondary N) is 1. The SMILES string of the molecule is CC(C)C(=O)N1CCC[C@H](N2C(=O)NC3(CCN(C(C)C)CC3)C2=O)C1. The Morgan fingerprint density at radius 1 is 1.12 bits per heavy atom. The minimum Gasteiger partial charge on any atom is -0.340 e. The number of likely N-dealkylation sites (tertiary alicyclic amines) is 2. The van der Waals surface area contributed by atoms with Crippen LogP contribution in [0.25, 0.3) is 0 Å². The molecule has 3 aliphatic heterocycles. The number of amides is 4. The van der Waals surface area contributed by atoms with Gasteiger partial charge in [-0.05, 0) is 39.5 Å². The number of carbonyl (C=O) groups is 3. The summed E-state index contributed by atoms with van der Waals surface area (Å²) in [7, 11) is 0. The van der Waals surface area contributed by atoms with Crippen LogP contribution in [0.3, 0.4) is 0 Å². The Hall–Kier alpha value is -1.63. The molecule has 7 heteroatoms. The lowest BCUT2D eigenvalue weighted by Gasteiger charge is -2.40. The van der Waals surface area contributed by atoms with E-state index in [1.807, 2.05) is 18.7 Å². The Labute approximate surface area is 156 Å². The zero-order valence-electron chi connectivity index (χ0n) is 16.5. The standard InChI is InChI=1S/C19H32N4O3/c1-13(2)16(24)22-9-5-6-15(12-22)23-17(25)19(20-18(23)26)7-10-21(11-8-19)14(3)4/h13-15H,5-12H2,1-4H3,(H,20,26)/t15-/m0/s1. The van der Waals surface area contributed by atoms with Gasteiger partial charge in [0.1, 0.15) is 5.54 Å². The van der Waals surface area contributed by atoms with Crippen LogP contribution >= 0.6 is 0 Å². The minimum absolute atomic E-state index is 0.0661. The molecule has 1 N–H and O–H groups in total. The van der Waals surface area contributed by atoms with Gasteiger partial charge in [-0.15, -0.1) is 0 Å². The number of nitrogens with zero attached hydrogens (tertiary/aromatic N) is 3. The van der Waals surface area contributed by atoms with Crippen molar-refractivity contribution in [2.75, 3.05) is 26.2 Å². The van der Waals surface area contributed by atoms with Gasteiger partial charge in [-0.25, -0.2) is 4.79 Å². The summed E-state index contributed by atoms with van der Waals surface area (Å²) in [6, 6.07) is -0.0390. The first kappa shape index (κ1) is 19.1. The molecule has 0 aliphatic carbocycles. The van der Waals surface area contributed by atoms with E-state index in [-0.39, 0.29) is 29.8 Å². The predicted molar refractivity (Wildman–Crippen MR) is 98.5 cm³/mol. The average molecular weight is 364 g/mol. The Balaban J connectivity index is 1.70. The number of carbonyl (C=O) groups excluding carboxylic acids is 3. The number of urea groups is 1. The van der Waals surface area contributed by atoms with Crippen molar-refractivity contribution in [2.24, 2.45) is 5.92 Å². The maximum Gasteiger partial charge on any atom is 0.325 e. The van der Waals surface area contributed by atoms with E-state index in [1.165, 1.54) is 4.90 Å². The summed E-state index contributed by atoms with van der Waals surface area (Å²) < 4.78 is 0. The van der Waals surface area contributed by atoms with Crippen molar-refractivity contribution < 1.29 is 14.4 Å². The molecule has 0 aromatic rings. The molecule has 1 spiro atoms. The van der Waals surface area contributed by atoms with Gasteiger partial charge in [0.15, 0.2) is 0 Å². The molecule has 0 unspecified atom stereocenters. The predicted octanol–water partition coefficient (Wildman–Crippen LogP) is 1.43. The largest absolute Gasteiger partial charge is 0.340 e. The van der Waals surface area contributed by atoms with Crippen LogP contribution in [-0.2, 0) is 9.59 Å². The highest BCUT2D eigenvalue weighted by Gasteiger charge is 2.54. The van der Waals surface area contributed by atoms with Gasteiger partial charge in [0.2, 0.25) is 5.91 Å². The van der Waals surface area contributed by atoms with Crippen LogP contribution < -0.4 is 5.32 Å². The normalized spacial score (nSPS) is 26.9. The second-order valence-electron chi connectivity index (χ2n) is 8.55. The van der Waals surface area contributed by atoms with Gasteiger partial charge in [-0.1, -0.05) is 13.8 Å². The first-order valence-corrected chi connectivity index (χ1v) is 9.94. The van der Waals surface area contributed by atoms with Gasteiger partial charge in [0, 0.05) is 38.1 Å². The van der Waals surface area contributed by atoms with Crippen molar-refractivity contribution in [3.8, 4) is 0 Å². The molecule has 0 radical (unpaired) electrons. The van der Waals surface area contributed by atoms with E-state index in [4.69, 9.17) is 0 Å². The van der Waals surface area contributed by atoms with Gasteiger partial charge in [-0.2, -0.15) is 0 Å². The van der Waals surface area contributed by atoms with Crippen LogP contribution in [-0.4, -0.2) is 76.3 Å². The summed E-state index contributed by atoms with van der Waals surface area (Å²) in [4.78, 5) is 43.8. The number of hydrogen-bond donors (Lipinski definition) is 1. The lowest BCUT2D eigenvalue weighted by atomic mass is 9.86. The lowest BCUT2D eigenvalue weighted by molar-refractivity contribution is -0.140. The molecule has 3 rings (SSSR count). The van der Waals surface area contributed by atoms with E-state index >= 15 is 0 Å². The monoisotopic (exact) mass is 364 g/mol. The first-order valence-electron chi connectivity index (χ1n) is 9.94. The quantitative estimate of drug-likeness (QED) is 0.769. The number of rotatable bonds is 3. The summed E-state index contributed by atoms with van der Waals surface area (Å²) in [6.45, 7) is 10.9. The topological polar surface area (TPSA) is 73.0 Å². The van der Waals surface area contributed by atoms with E-state index in [0.29, 0.717) is 32.0 Å². The van der Waals surface area contributed by atoms with Crippen molar-refractivity contribution >= 4 is 17.8 Å². The van der Waals surface area contributed by atoms with E-state index in [9.17, 15) is 14.4 Å². The molecule has 26 heavy (non-hydrogen) atoms. The molecular formula is C19H32N4O3. The van der Waals surface area contributed by atoms with Crippen LogP contribution in [0.5, 0.6) is 0 Å². The van der Waals surface area contributed by atoms with Crippen LogP contribution in [0.15, 0.2) is 0 Å². The van der Waals surface area contributed by atoms with E-state index in [1.54, 1.807) is 0 Å². The Kier molecular flexibility index (Phi) is 5.28. The zero-order chi connectivity index (χ0) is 19.1. The van der Waals surface area contributed by atoms with Crippen LogP contribution in [0.4, 0.5) is 4.79 Å². The van der Waals surface area contributed by atoms with Gasteiger partial charge < -0.3 is 15.1 Å². The Bertz CT molecular complexity index is 581.